The summed E-state index contributed by atoms with van der Waals surface area (Å²) in [4.78, 5) is 50.9. The maximum absolute atomic E-state index is 10.4. The number of primary amides is 1. The number of nitrogens with one attached hydrogen (secondary N) is 4. The van der Waals surface area contributed by atoms with Crippen LogP contribution < -0.4 is 27.8 Å². The van der Waals surface area contributed by atoms with Crippen LogP contribution in [0, 0.1) is 16.7 Å². The number of hydrogen-bond donors (Lipinski definition) is 12. The summed E-state index contributed by atoms with van der Waals surface area (Å²) in [7, 11) is 1.69. The molecule has 1 aliphatic heterocycles. The van der Waals surface area contributed by atoms with Crippen LogP contribution in [0.2, 0.25) is 0 Å². The molecule has 0 aromatic heterocycles. The molecule has 0 aromatic carbocycles. The molecule has 15 N–H and O–H groups in total. The second-order valence-corrected chi connectivity index (χ2v) is 8.07. The van der Waals surface area contributed by atoms with E-state index in [-0.39, 0.29) is 43.1 Å². The van der Waals surface area contributed by atoms with E-state index in [1.165, 1.54) is 0 Å². The summed E-state index contributed by atoms with van der Waals surface area (Å²) >= 11 is 0. The van der Waals surface area contributed by atoms with Gasteiger partial charge in [-0.15, -0.1) is 0 Å². The van der Waals surface area contributed by atoms with E-state index in [2.05, 4.69) is 16.4 Å². The highest BCUT2D eigenvalue weighted by molar-refractivity contribution is 6.02. The predicted octanol–water partition coefficient (Wildman–Crippen LogP) is -2.93. The Labute approximate surface area is 226 Å². The van der Waals surface area contributed by atoms with Crippen LogP contribution in [0.3, 0.4) is 0 Å². The molecule has 18 heteroatoms. The van der Waals surface area contributed by atoms with Crippen molar-refractivity contribution in [2.45, 2.75) is 58.6 Å². The summed E-state index contributed by atoms with van der Waals surface area (Å²) in [6.45, 7) is 5.59. The van der Waals surface area contributed by atoms with Gasteiger partial charge in [-0.3, -0.25) is 40.1 Å². The van der Waals surface area contributed by atoms with Crippen molar-refractivity contribution >= 4 is 41.6 Å². The number of likely N-dealkylation sites (N-methyl/N-ethyl adjacent to an activating group) is 1. The number of hydrogen-bond acceptors (Lipinski definition) is 10. The van der Waals surface area contributed by atoms with E-state index in [1.807, 2.05) is 20.8 Å². The zero-order valence-electron chi connectivity index (χ0n) is 22.6. The monoisotopic (exact) mass is 568 g/mol. The molecule has 2 atom stereocenters. The van der Waals surface area contributed by atoms with Crippen LogP contribution in [0.5, 0.6) is 0 Å². The third kappa shape index (κ3) is 36.2. The molecule has 1 aliphatic rings. The van der Waals surface area contributed by atoms with E-state index in [9.17, 15) is 24.0 Å². The number of aliphatic hydroxyl groups excluding tert-OH is 2. The summed E-state index contributed by atoms with van der Waals surface area (Å²) in [6.07, 6.45) is 0.298. The van der Waals surface area contributed by atoms with E-state index < -0.39 is 42.6 Å². The Bertz CT molecular complexity index is 780. The van der Waals surface area contributed by atoms with E-state index in [4.69, 9.17) is 47.8 Å². The summed E-state index contributed by atoms with van der Waals surface area (Å²) in [5, 5.41) is 59.7. The molecule has 1 unspecified atom stereocenters. The number of carbonyl (C=O) groups is 5. The van der Waals surface area contributed by atoms with Gasteiger partial charge in [0.15, 0.2) is 11.9 Å². The Kier molecular flexibility index (Phi) is 27.6. The lowest BCUT2D eigenvalue weighted by Gasteiger charge is -2.14. The first-order chi connectivity index (χ1) is 17.8. The van der Waals surface area contributed by atoms with Gasteiger partial charge in [-0.2, -0.15) is 0 Å². The normalized spacial score (nSPS) is 12.8. The van der Waals surface area contributed by atoms with E-state index in [1.54, 1.807) is 11.9 Å². The Morgan fingerprint density at radius 3 is 1.77 bits per heavy atom. The molecule has 0 spiro atoms. The van der Waals surface area contributed by atoms with Crippen LogP contribution in [0.15, 0.2) is 0 Å². The third-order valence-electron chi connectivity index (χ3n) is 3.68. The average molecular weight is 569 g/mol. The van der Waals surface area contributed by atoms with Gasteiger partial charge in [0.2, 0.25) is 11.8 Å². The molecule has 0 aliphatic carbocycles. The van der Waals surface area contributed by atoms with Gasteiger partial charge < -0.3 is 53.0 Å². The molecule has 1 saturated heterocycles. The van der Waals surface area contributed by atoms with Crippen molar-refractivity contribution in [1.82, 2.24) is 15.5 Å². The van der Waals surface area contributed by atoms with Crippen LogP contribution >= 0.6 is 0 Å². The molecular formula is C21H44N8O10. The number of carbonyl (C=O) groups excluding carboxylic acids is 2. The summed E-state index contributed by atoms with van der Waals surface area (Å²) in [5.74, 6) is -3.23. The molecule has 0 radical (unpaired) electrons. The van der Waals surface area contributed by atoms with Crippen molar-refractivity contribution < 1.29 is 49.5 Å². The fraction of sp³-hybridized carbons (Fsp3) is 0.667. The number of guanidine groups is 2. The Morgan fingerprint density at radius 1 is 1.13 bits per heavy atom. The molecule has 0 aromatic rings. The highest BCUT2D eigenvalue weighted by atomic mass is 16.4. The average Bonchev–Trinajstić information content (AvgIpc) is 3.08. The number of aliphatic carboxylic acids is 3. The summed E-state index contributed by atoms with van der Waals surface area (Å²) in [6, 6.07) is -1.30. The van der Waals surface area contributed by atoms with Gasteiger partial charge in [0, 0.05) is 26.4 Å². The summed E-state index contributed by atoms with van der Waals surface area (Å²) < 4.78 is 0. The fourth-order valence-electron chi connectivity index (χ4n) is 1.82. The van der Waals surface area contributed by atoms with Gasteiger partial charge in [-0.25, -0.2) is 0 Å². The standard InChI is InChI=1S/C6H14N4O3.C5H10O2.C4H7N3O.C4H8O2.C2H5NO2/c7-4(5(12)13)3(11)1-2-10-6(8)9;1-4(2)3-5(6)7;1-7-2-3(8)6-4(7)5;1-2-3-4(5)6;3-2(5)1-4/h3-4,11H,1-2,7H2,(H,12,13)(H4,8,9,10);4H,3H2,1-2H3,(H,6,7);2H2,1H3,(H2,5,6,8);2-3H2,1H3,(H,5,6);4H,1H2,(H2,3,5)/t3?,4-;;;;/m0..../s1. The van der Waals surface area contributed by atoms with Gasteiger partial charge in [0.1, 0.15) is 12.6 Å². The van der Waals surface area contributed by atoms with Crippen molar-refractivity contribution in [3.8, 4) is 0 Å². The van der Waals surface area contributed by atoms with Gasteiger partial charge in [0.25, 0.3) is 0 Å². The van der Waals surface area contributed by atoms with Crippen molar-refractivity contribution in [2.24, 2.45) is 23.1 Å². The van der Waals surface area contributed by atoms with Gasteiger partial charge in [0.05, 0.1) is 12.6 Å². The summed E-state index contributed by atoms with van der Waals surface area (Å²) in [5.41, 5.74) is 14.5. The van der Waals surface area contributed by atoms with Crippen molar-refractivity contribution in [2.75, 3.05) is 26.7 Å². The first-order valence-corrected chi connectivity index (χ1v) is 11.5. The second kappa shape index (κ2) is 25.6. The number of amides is 2. The molecule has 1 heterocycles. The SMILES string of the molecule is CC(C)CC(=O)O.CCCC(=O)O.CN1CC(=O)NC1=N.N=C(N)NCCC(O)[C@H](N)C(=O)O.NC(=O)CO. The van der Waals surface area contributed by atoms with Crippen molar-refractivity contribution in [1.29, 1.82) is 10.8 Å². The number of carboxylic acids is 3. The first-order valence-electron chi connectivity index (χ1n) is 11.5. The Morgan fingerprint density at radius 2 is 1.62 bits per heavy atom. The Hall–Kier alpha value is -4.03. The van der Waals surface area contributed by atoms with E-state index in [0.29, 0.717) is 13.0 Å². The van der Waals surface area contributed by atoms with Crippen LogP contribution in [0.4, 0.5) is 0 Å². The van der Waals surface area contributed by atoms with Gasteiger partial charge >= 0.3 is 17.9 Å². The molecule has 228 valence electrons. The second-order valence-electron chi connectivity index (χ2n) is 8.07. The smallest absolute Gasteiger partial charge is 0.323 e. The fourth-order valence-corrected chi connectivity index (χ4v) is 1.82. The Balaban J connectivity index is -0.000000206. The molecule has 0 saturated carbocycles. The lowest BCUT2D eigenvalue weighted by Crippen LogP contribution is -2.43. The number of rotatable bonds is 10. The van der Waals surface area contributed by atoms with E-state index >= 15 is 0 Å². The topological polar surface area (TPSA) is 340 Å². The van der Waals surface area contributed by atoms with E-state index in [0.717, 1.165) is 6.42 Å². The quantitative estimate of drug-likeness (QED) is 0.0926. The van der Waals surface area contributed by atoms with Crippen LogP contribution in [-0.4, -0.2) is 111 Å². The van der Waals surface area contributed by atoms with Crippen molar-refractivity contribution in [3.63, 3.8) is 0 Å². The van der Waals surface area contributed by atoms with Crippen LogP contribution in [0.25, 0.3) is 0 Å². The lowest BCUT2D eigenvalue weighted by atomic mass is 10.1. The number of carboxylic acid groups (broad SMARTS) is 3. The molecule has 39 heavy (non-hydrogen) atoms. The predicted molar refractivity (Wildman–Crippen MR) is 141 cm³/mol. The number of nitrogens with zero attached hydrogens (tertiary/aromatic N) is 1. The third-order valence-corrected chi connectivity index (χ3v) is 3.68. The first kappa shape index (κ1) is 42.1. The molecule has 18 nitrogen and oxygen atoms in total. The van der Waals surface area contributed by atoms with Gasteiger partial charge in [-0.1, -0.05) is 20.8 Å². The van der Waals surface area contributed by atoms with Gasteiger partial charge in [-0.05, 0) is 18.8 Å². The number of nitrogens with two attached hydrogens (primary N) is 3. The zero-order chi connectivity index (χ0) is 31.7. The van der Waals surface area contributed by atoms with Crippen LogP contribution in [0.1, 0.15) is 46.5 Å². The molecular weight excluding hydrogens is 524 g/mol. The minimum Gasteiger partial charge on any atom is -0.481 e. The molecule has 1 rings (SSSR count). The minimum absolute atomic E-state index is 0.0995. The number of aliphatic hydroxyl groups is 2. The molecule has 2 amide bonds. The minimum atomic E-state index is -1.30. The highest BCUT2D eigenvalue weighted by Gasteiger charge is 2.21. The molecule has 0 bridgehead atoms. The largest absolute Gasteiger partial charge is 0.481 e. The maximum atomic E-state index is 10.4. The lowest BCUT2D eigenvalue weighted by molar-refractivity contribution is -0.141. The maximum Gasteiger partial charge on any atom is 0.323 e. The zero-order valence-corrected chi connectivity index (χ0v) is 22.6. The molecule has 1 fully saturated rings. The van der Waals surface area contributed by atoms with Crippen molar-refractivity contribution in [3.05, 3.63) is 0 Å². The highest BCUT2D eigenvalue weighted by Crippen LogP contribution is 1.97. The van der Waals surface area contributed by atoms with Crippen LogP contribution in [-0.2, 0) is 24.0 Å².